The molecule has 4 aromatic rings. The second kappa shape index (κ2) is 18.2. The van der Waals surface area contributed by atoms with Gasteiger partial charge in [-0.1, -0.05) is 53.7 Å². The number of hydrazine groups is 1. The van der Waals surface area contributed by atoms with Crippen molar-refractivity contribution in [1.29, 1.82) is 0 Å². The number of nitrogens with one attached hydrogen (secondary N) is 3. The Labute approximate surface area is 399 Å². The van der Waals surface area contributed by atoms with Crippen LogP contribution in [0.3, 0.4) is 0 Å². The average molecular weight is 951 g/mol. The number of carbonyl (C=O) groups excluding carboxylic acids is 4. The smallest absolute Gasteiger partial charge is 0.324 e. The summed E-state index contributed by atoms with van der Waals surface area (Å²) in [5, 5.41) is 19.1. The van der Waals surface area contributed by atoms with E-state index in [0.717, 1.165) is 44.5 Å². The number of hydrogen-bond donors (Lipinski definition) is 4. The number of esters is 1. The summed E-state index contributed by atoms with van der Waals surface area (Å²) in [5.74, 6) is -1.94. The highest BCUT2D eigenvalue weighted by molar-refractivity contribution is 7.90. The number of rotatable bonds is 9. The fourth-order valence-corrected chi connectivity index (χ4v) is 12.8. The number of phenolic OH excluding ortho intramolecular Hbond substituents is 1. The minimum atomic E-state index is -3.58. The molecular formula is C51H66N8O8S. The first-order valence-corrected chi connectivity index (χ1v) is 25.8. The number of carbonyl (C=O) groups is 4. The summed E-state index contributed by atoms with van der Waals surface area (Å²) in [6, 6.07) is 12.7. The Bertz CT molecular complexity index is 2770. The molecule has 7 heterocycles. The largest absolute Gasteiger partial charge is 0.508 e. The Hall–Kier alpha value is -5.36. The summed E-state index contributed by atoms with van der Waals surface area (Å²) in [6.07, 6.45) is 4.12. The number of phenols is 1. The molecule has 5 aliphatic heterocycles. The highest BCUT2D eigenvalue weighted by Crippen LogP contribution is 2.45. The maximum absolute atomic E-state index is 14.8. The number of sulfonamides is 1. The maximum atomic E-state index is 14.8. The number of aromatic nitrogens is 2. The first-order valence-electron chi connectivity index (χ1n) is 24.3. The van der Waals surface area contributed by atoms with Crippen molar-refractivity contribution in [3.8, 4) is 28.1 Å². The SMILES string of the molecule is CCn1c(-c2cccnc2C(C)C)c2c3cc(ccc31)-c1cc(O)cc(c1)C[C@H](NC(=O)[C@H](C(C)C)N1CC[C@]3(CCN(S(=O)(=O)[C@@H]4CN4)C3)C1=O)C(=O)N1CCC[C@H](N1)C(=O)OCC(C)(C)C2. The zero-order valence-corrected chi connectivity index (χ0v) is 41.1. The van der Waals surface area contributed by atoms with Gasteiger partial charge in [0.15, 0.2) is 0 Å². The van der Waals surface area contributed by atoms with Gasteiger partial charge >= 0.3 is 5.97 Å². The highest BCUT2D eigenvalue weighted by Gasteiger charge is 2.57. The van der Waals surface area contributed by atoms with Crippen LogP contribution in [0.2, 0.25) is 0 Å². The molecule has 0 radical (unpaired) electrons. The van der Waals surface area contributed by atoms with E-state index in [2.05, 4.69) is 73.4 Å². The third kappa shape index (κ3) is 8.90. The summed E-state index contributed by atoms with van der Waals surface area (Å²) in [4.78, 5) is 64.3. The molecule has 3 amide bonds. The van der Waals surface area contributed by atoms with Gasteiger partial charge in [-0.3, -0.25) is 34.5 Å². The van der Waals surface area contributed by atoms with Gasteiger partial charge in [0.05, 0.1) is 23.4 Å². The van der Waals surface area contributed by atoms with E-state index in [1.54, 1.807) is 17.0 Å². The van der Waals surface area contributed by atoms with Crippen molar-refractivity contribution >= 4 is 44.6 Å². The number of fused-ring (bicyclic) bond motifs is 6. The maximum Gasteiger partial charge on any atom is 0.324 e. The van der Waals surface area contributed by atoms with Gasteiger partial charge in [-0.15, -0.1) is 0 Å². The van der Waals surface area contributed by atoms with Crippen LogP contribution in [0.15, 0.2) is 54.7 Å². The van der Waals surface area contributed by atoms with Gasteiger partial charge in [0.25, 0.3) is 5.91 Å². The molecule has 16 nitrogen and oxygen atoms in total. The molecule has 1 spiro atoms. The molecule has 4 saturated heterocycles. The van der Waals surface area contributed by atoms with Gasteiger partial charge in [0.2, 0.25) is 21.8 Å². The zero-order chi connectivity index (χ0) is 48.4. The number of pyridine rings is 1. The van der Waals surface area contributed by atoms with Gasteiger partial charge in [0, 0.05) is 73.8 Å². The number of benzene rings is 2. The molecule has 364 valence electrons. The molecule has 0 aliphatic carbocycles. The number of cyclic esters (lactones) is 1. The van der Waals surface area contributed by atoms with Crippen molar-refractivity contribution in [2.75, 3.05) is 39.3 Å². The van der Waals surface area contributed by atoms with Gasteiger partial charge in [-0.25, -0.2) is 13.8 Å². The first kappa shape index (κ1) is 47.7. The Morgan fingerprint density at radius 3 is 2.50 bits per heavy atom. The van der Waals surface area contributed by atoms with Gasteiger partial charge in [0.1, 0.15) is 29.2 Å². The lowest BCUT2D eigenvalue weighted by Crippen LogP contribution is -2.62. The minimum Gasteiger partial charge on any atom is -0.508 e. The number of aryl methyl sites for hydroxylation is 1. The van der Waals surface area contributed by atoms with E-state index in [-0.39, 0.29) is 62.7 Å². The van der Waals surface area contributed by atoms with E-state index in [4.69, 9.17) is 9.72 Å². The van der Waals surface area contributed by atoms with Crippen LogP contribution in [0.5, 0.6) is 5.75 Å². The summed E-state index contributed by atoms with van der Waals surface area (Å²) in [5.41, 5.74) is 9.08. The van der Waals surface area contributed by atoms with Crippen molar-refractivity contribution in [2.24, 2.45) is 16.7 Å². The van der Waals surface area contributed by atoms with Gasteiger partial charge in [-0.2, -0.15) is 4.31 Å². The molecule has 0 saturated carbocycles. The Morgan fingerprint density at radius 2 is 1.78 bits per heavy atom. The first-order chi connectivity index (χ1) is 32.3. The number of amides is 3. The number of aromatic hydroxyl groups is 1. The second-order valence-corrected chi connectivity index (χ2v) is 23.2. The minimum absolute atomic E-state index is 0.00773. The van der Waals surface area contributed by atoms with Crippen molar-refractivity contribution < 1.29 is 37.4 Å². The van der Waals surface area contributed by atoms with Crippen LogP contribution in [-0.4, -0.2) is 124 Å². The van der Waals surface area contributed by atoms with Crippen LogP contribution in [0.25, 0.3) is 33.3 Å². The van der Waals surface area contributed by atoms with Crippen LogP contribution in [0.4, 0.5) is 0 Å². The quantitative estimate of drug-likeness (QED) is 0.129. The van der Waals surface area contributed by atoms with Crippen LogP contribution in [0, 0.1) is 16.7 Å². The van der Waals surface area contributed by atoms with E-state index in [0.29, 0.717) is 50.8 Å². The van der Waals surface area contributed by atoms with Gasteiger partial charge in [-0.05, 0) is 110 Å². The fraction of sp³-hybridized carbons (Fsp3) is 0.549. The second-order valence-electron chi connectivity index (χ2n) is 21.1. The molecule has 68 heavy (non-hydrogen) atoms. The molecule has 2 aromatic carbocycles. The third-order valence-electron chi connectivity index (χ3n) is 14.7. The fourth-order valence-electron chi connectivity index (χ4n) is 11.1. The zero-order valence-electron chi connectivity index (χ0n) is 40.3. The van der Waals surface area contributed by atoms with Crippen molar-refractivity contribution in [3.63, 3.8) is 0 Å². The molecule has 4 N–H and O–H groups in total. The van der Waals surface area contributed by atoms with Crippen LogP contribution < -0.4 is 16.1 Å². The Balaban J connectivity index is 1.09. The van der Waals surface area contributed by atoms with E-state index in [9.17, 15) is 32.7 Å². The van der Waals surface area contributed by atoms with E-state index < -0.39 is 62.1 Å². The molecule has 4 fully saturated rings. The van der Waals surface area contributed by atoms with E-state index in [1.165, 1.54) is 9.31 Å². The molecule has 6 bridgehead atoms. The lowest BCUT2D eigenvalue weighted by molar-refractivity contribution is -0.155. The molecule has 0 unspecified atom stereocenters. The summed E-state index contributed by atoms with van der Waals surface area (Å²) in [7, 11) is -3.58. The molecule has 17 heteroatoms. The number of hydrogen-bond acceptors (Lipinski definition) is 11. The summed E-state index contributed by atoms with van der Waals surface area (Å²) in [6.45, 7) is 16.4. The Kier molecular flexibility index (Phi) is 12.8. The average Bonchev–Trinajstić information content (AvgIpc) is 3.93. The van der Waals surface area contributed by atoms with Crippen LogP contribution in [-0.2, 0) is 53.3 Å². The van der Waals surface area contributed by atoms with Gasteiger partial charge < -0.3 is 24.6 Å². The number of ether oxygens (including phenoxy) is 1. The lowest BCUT2D eigenvalue weighted by atomic mass is 9.83. The standard InChI is InChI=1S/C51H66N8O8S/c1-8-57-41-14-13-33-25-37(41)38(45(57)36-11-9-17-52-43(36)30(2)3)26-50(6,7)29-67-48(63)39-12-10-18-59(55-39)47(62)40(23-32-21-34(33)24-35(60)22-32)54-46(61)44(31(4)5)58-20-16-51(49(58)64)15-19-56(28-51)68(65,66)42-27-53-42/h9,11,13-14,17,21-22,24-25,30-31,39-40,42,44,53,55,60H,8,10,12,15-16,18-20,23,26-29H2,1-7H3,(H,54,61)/t39-,40-,42+,44-,51-/m0/s1. The predicted octanol–water partition coefficient (Wildman–Crippen LogP) is 5.08. The Morgan fingerprint density at radius 1 is 1.01 bits per heavy atom. The topological polar surface area (TPSA) is 205 Å². The van der Waals surface area contributed by atoms with Crippen LogP contribution in [0.1, 0.15) is 96.9 Å². The van der Waals surface area contributed by atoms with Crippen molar-refractivity contribution in [2.45, 2.75) is 123 Å². The highest BCUT2D eigenvalue weighted by atomic mass is 32.2. The normalized spacial score (nSPS) is 25.1. The monoisotopic (exact) mass is 950 g/mol. The lowest BCUT2D eigenvalue weighted by Gasteiger charge is -2.37. The molecule has 9 rings (SSSR count). The van der Waals surface area contributed by atoms with Crippen molar-refractivity contribution in [1.82, 2.24) is 39.8 Å². The third-order valence-corrected chi connectivity index (χ3v) is 16.8. The molecule has 2 aromatic heterocycles. The summed E-state index contributed by atoms with van der Waals surface area (Å²) < 4.78 is 36.1. The number of nitrogens with zero attached hydrogens (tertiary/aromatic N) is 5. The van der Waals surface area contributed by atoms with Crippen molar-refractivity contribution in [3.05, 3.63) is 71.5 Å². The van der Waals surface area contributed by atoms with E-state index >= 15 is 0 Å². The molecular weight excluding hydrogens is 885 g/mol. The van der Waals surface area contributed by atoms with E-state index in [1.807, 2.05) is 38.2 Å². The van der Waals surface area contributed by atoms with Crippen LogP contribution >= 0.6 is 0 Å². The number of likely N-dealkylation sites (tertiary alicyclic amines) is 1. The predicted molar refractivity (Wildman–Crippen MR) is 258 cm³/mol. The summed E-state index contributed by atoms with van der Waals surface area (Å²) >= 11 is 0. The molecule has 5 atom stereocenters. The molecule has 5 aliphatic rings.